The van der Waals surface area contributed by atoms with Crippen LogP contribution in [0.4, 0.5) is 4.39 Å². The van der Waals surface area contributed by atoms with Gasteiger partial charge in [-0.3, -0.25) is 9.36 Å². The van der Waals surface area contributed by atoms with E-state index in [1.165, 1.54) is 16.7 Å². The summed E-state index contributed by atoms with van der Waals surface area (Å²) in [6.45, 7) is 0. The SMILES string of the molecule is N#Cc1c(O)c2c(cc(Cl)n2-c2ccc(-c3ccccc3F)cc2)[nH]c1=O. The number of H-pyrrole nitrogens is 1. The molecule has 0 spiro atoms. The summed E-state index contributed by atoms with van der Waals surface area (Å²) in [6, 6.07) is 16.5. The number of hydrogen-bond acceptors (Lipinski definition) is 3. The molecule has 2 heterocycles. The molecule has 5 nitrogen and oxygen atoms in total. The second kappa shape index (κ2) is 6.31. The van der Waals surface area contributed by atoms with Crippen molar-refractivity contribution in [3.05, 3.63) is 81.5 Å². The molecule has 132 valence electrons. The lowest BCUT2D eigenvalue weighted by Crippen LogP contribution is -2.10. The summed E-state index contributed by atoms with van der Waals surface area (Å²) in [5.41, 5.74) is 1.18. The van der Waals surface area contributed by atoms with E-state index in [0.29, 0.717) is 22.3 Å². The van der Waals surface area contributed by atoms with Crippen LogP contribution in [0.15, 0.2) is 59.4 Å². The van der Waals surface area contributed by atoms with Crippen LogP contribution in [0.1, 0.15) is 5.56 Å². The van der Waals surface area contributed by atoms with Crippen LogP contribution in [0.2, 0.25) is 5.15 Å². The second-order valence-electron chi connectivity index (χ2n) is 5.88. The van der Waals surface area contributed by atoms with Crippen molar-refractivity contribution in [3.8, 4) is 28.6 Å². The zero-order chi connectivity index (χ0) is 19.1. The minimum atomic E-state index is -0.689. The lowest BCUT2D eigenvalue weighted by Gasteiger charge is -2.10. The number of nitriles is 1. The van der Waals surface area contributed by atoms with Gasteiger partial charge in [0.15, 0.2) is 11.3 Å². The van der Waals surface area contributed by atoms with E-state index in [9.17, 15) is 14.3 Å². The quantitative estimate of drug-likeness (QED) is 0.543. The van der Waals surface area contributed by atoms with Crippen molar-refractivity contribution < 1.29 is 9.50 Å². The van der Waals surface area contributed by atoms with E-state index >= 15 is 0 Å². The van der Waals surface area contributed by atoms with Gasteiger partial charge in [-0.25, -0.2) is 4.39 Å². The van der Waals surface area contributed by atoms with Gasteiger partial charge in [0.05, 0.1) is 5.52 Å². The number of nitrogens with one attached hydrogen (secondary N) is 1. The van der Waals surface area contributed by atoms with Crippen LogP contribution in [0.25, 0.3) is 27.8 Å². The van der Waals surface area contributed by atoms with E-state index in [-0.39, 0.29) is 22.1 Å². The molecule has 2 N–H and O–H groups in total. The van der Waals surface area contributed by atoms with Gasteiger partial charge >= 0.3 is 0 Å². The second-order valence-corrected chi connectivity index (χ2v) is 6.27. The first kappa shape index (κ1) is 16.9. The van der Waals surface area contributed by atoms with Gasteiger partial charge in [0.25, 0.3) is 5.56 Å². The van der Waals surface area contributed by atoms with E-state index < -0.39 is 11.3 Å². The van der Waals surface area contributed by atoms with Crippen molar-refractivity contribution in [1.29, 1.82) is 5.26 Å². The number of hydrogen-bond donors (Lipinski definition) is 2. The highest BCUT2D eigenvalue weighted by molar-refractivity contribution is 6.31. The molecular formula is C20H11ClFN3O2. The van der Waals surface area contributed by atoms with Crippen LogP contribution in [0.5, 0.6) is 5.75 Å². The molecule has 4 aromatic rings. The highest BCUT2D eigenvalue weighted by atomic mass is 35.5. The summed E-state index contributed by atoms with van der Waals surface area (Å²) in [5, 5.41) is 19.7. The molecule has 0 aliphatic carbocycles. The number of aromatic amines is 1. The van der Waals surface area contributed by atoms with Gasteiger partial charge in [-0.15, -0.1) is 0 Å². The minimum absolute atomic E-state index is 0.217. The third-order valence-electron chi connectivity index (χ3n) is 4.31. The Morgan fingerprint density at radius 3 is 2.52 bits per heavy atom. The fraction of sp³-hybridized carbons (Fsp3) is 0. The van der Waals surface area contributed by atoms with Gasteiger partial charge in [-0.05, 0) is 29.8 Å². The summed E-state index contributed by atoms with van der Waals surface area (Å²) in [5.74, 6) is -0.773. The monoisotopic (exact) mass is 379 g/mol. The smallest absolute Gasteiger partial charge is 0.270 e. The van der Waals surface area contributed by atoms with E-state index in [1.807, 2.05) is 0 Å². The standard InChI is InChI=1S/C20H11ClFN3O2/c21-17-9-16-18(19(26)14(10-23)20(27)24-16)25(17)12-7-5-11(6-8-12)13-3-1-2-4-15(13)22/h1-9H,(H2,24,26,27). The topological polar surface area (TPSA) is 81.8 Å². The Labute approximate surface area is 157 Å². The number of pyridine rings is 1. The highest BCUT2D eigenvalue weighted by Crippen LogP contribution is 2.33. The molecule has 0 radical (unpaired) electrons. The number of aromatic hydroxyl groups is 1. The van der Waals surface area contributed by atoms with Crippen molar-refractivity contribution in [2.75, 3.05) is 0 Å². The molecule has 0 aliphatic rings. The molecule has 7 heteroatoms. The van der Waals surface area contributed by atoms with Gasteiger partial charge in [0.2, 0.25) is 0 Å². The highest BCUT2D eigenvalue weighted by Gasteiger charge is 2.19. The largest absolute Gasteiger partial charge is 0.504 e. The Morgan fingerprint density at radius 2 is 1.85 bits per heavy atom. The number of aromatic nitrogens is 2. The molecule has 0 saturated heterocycles. The van der Waals surface area contributed by atoms with E-state index in [2.05, 4.69) is 4.98 Å². The number of fused-ring (bicyclic) bond motifs is 1. The number of halogens is 2. The molecule has 2 aromatic carbocycles. The third-order valence-corrected chi connectivity index (χ3v) is 4.59. The average molecular weight is 380 g/mol. The zero-order valence-electron chi connectivity index (χ0n) is 13.7. The number of nitrogens with zero attached hydrogens (tertiary/aromatic N) is 2. The first-order valence-electron chi connectivity index (χ1n) is 7.93. The summed E-state index contributed by atoms with van der Waals surface area (Å²) in [6.07, 6.45) is 0. The molecule has 0 unspecified atom stereocenters. The zero-order valence-corrected chi connectivity index (χ0v) is 14.5. The number of benzene rings is 2. The van der Waals surface area contributed by atoms with Crippen LogP contribution >= 0.6 is 11.6 Å². The molecule has 0 aliphatic heterocycles. The van der Waals surface area contributed by atoms with Crippen molar-refractivity contribution in [2.24, 2.45) is 0 Å². The van der Waals surface area contributed by atoms with Gasteiger partial charge < -0.3 is 10.1 Å². The van der Waals surface area contributed by atoms with Gasteiger partial charge in [0.1, 0.15) is 22.6 Å². The molecule has 0 atom stereocenters. The van der Waals surface area contributed by atoms with E-state index in [4.69, 9.17) is 16.9 Å². The molecule has 4 rings (SSSR count). The van der Waals surface area contributed by atoms with Crippen molar-refractivity contribution >= 4 is 22.6 Å². The maximum absolute atomic E-state index is 14.0. The Hall–Kier alpha value is -3.56. The maximum atomic E-state index is 14.0. The van der Waals surface area contributed by atoms with E-state index in [0.717, 1.165) is 0 Å². The van der Waals surface area contributed by atoms with Crippen LogP contribution in [-0.4, -0.2) is 14.7 Å². The van der Waals surface area contributed by atoms with Crippen molar-refractivity contribution in [2.45, 2.75) is 0 Å². The Morgan fingerprint density at radius 1 is 1.15 bits per heavy atom. The first-order chi connectivity index (χ1) is 13.0. The van der Waals surface area contributed by atoms with Gasteiger partial charge in [-0.2, -0.15) is 5.26 Å². The van der Waals surface area contributed by atoms with Gasteiger partial charge in [0, 0.05) is 11.3 Å². The first-order valence-corrected chi connectivity index (χ1v) is 8.30. The van der Waals surface area contributed by atoms with E-state index in [1.54, 1.807) is 48.5 Å². The minimum Gasteiger partial charge on any atom is -0.504 e. The van der Waals surface area contributed by atoms with Crippen LogP contribution < -0.4 is 5.56 Å². The Kier molecular flexibility index (Phi) is 3.94. The Balaban J connectivity index is 1.91. The number of rotatable bonds is 2. The lowest BCUT2D eigenvalue weighted by molar-refractivity contribution is 0.476. The molecular weight excluding hydrogens is 369 g/mol. The fourth-order valence-electron chi connectivity index (χ4n) is 3.06. The fourth-order valence-corrected chi connectivity index (χ4v) is 3.35. The van der Waals surface area contributed by atoms with Gasteiger partial charge in [-0.1, -0.05) is 41.9 Å². The predicted molar refractivity (Wildman–Crippen MR) is 101 cm³/mol. The predicted octanol–water partition coefficient (Wildman–Crippen LogP) is 4.36. The maximum Gasteiger partial charge on any atom is 0.270 e. The third kappa shape index (κ3) is 2.65. The van der Waals surface area contributed by atoms with Crippen LogP contribution in [0, 0.1) is 17.1 Å². The van der Waals surface area contributed by atoms with Crippen LogP contribution in [0.3, 0.4) is 0 Å². The molecule has 27 heavy (non-hydrogen) atoms. The lowest BCUT2D eigenvalue weighted by atomic mass is 10.0. The normalized spacial score (nSPS) is 10.9. The molecule has 0 amide bonds. The molecule has 2 aromatic heterocycles. The summed E-state index contributed by atoms with van der Waals surface area (Å²) < 4.78 is 15.5. The van der Waals surface area contributed by atoms with Crippen molar-refractivity contribution in [3.63, 3.8) is 0 Å². The van der Waals surface area contributed by atoms with Crippen LogP contribution in [-0.2, 0) is 0 Å². The Bertz CT molecular complexity index is 1280. The molecule has 0 fully saturated rings. The molecule has 0 bridgehead atoms. The summed E-state index contributed by atoms with van der Waals surface area (Å²) in [4.78, 5) is 14.4. The molecule has 0 saturated carbocycles. The summed E-state index contributed by atoms with van der Waals surface area (Å²) >= 11 is 6.29. The van der Waals surface area contributed by atoms with Crippen molar-refractivity contribution in [1.82, 2.24) is 9.55 Å². The average Bonchev–Trinajstić information content (AvgIpc) is 2.98. The summed E-state index contributed by atoms with van der Waals surface area (Å²) in [7, 11) is 0.